The number of urea groups is 1. The van der Waals surface area contributed by atoms with Gasteiger partial charge in [0.1, 0.15) is 17.7 Å². The second-order valence-electron chi connectivity index (χ2n) is 3.89. The third-order valence-electron chi connectivity index (χ3n) is 2.65. The molecular weight excluding hydrogens is 247 g/mol. The van der Waals surface area contributed by atoms with Gasteiger partial charge in [0.2, 0.25) is 0 Å². The van der Waals surface area contributed by atoms with E-state index in [1.165, 1.54) is 17.0 Å². The van der Waals surface area contributed by atoms with Crippen LogP contribution in [0.25, 0.3) is 0 Å². The number of nitrogens with zero attached hydrogens (tertiary/aromatic N) is 1. The zero-order valence-electron chi connectivity index (χ0n) is 9.03. The smallest absolute Gasteiger partial charge is 0.314 e. The number of ether oxygens (including phenoxy) is 1. The quantitative estimate of drug-likeness (QED) is 0.882. The molecule has 17 heavy (non-hydrogen) atoms. The summed E-state index contributed by atoms with van der Waals surface area (Å²) in [6.07, 6.45) is 0.538. The normalized spacial score (nSPS) is 19.4. The highest BCUT2D eigenvalue weighted by Gasteiger charge is 2.26. The number of carbonyl (C=O) groups excluding carboxylic acids is 1. The van der Waals surface area contributed by atoms with Gasteiger partial charge in [-0.15, -0.1) is 0 Å². The molecule has 92 valence electrons. The van der Waals surface area contributed by atoms with E-state index in [1.54, 1.807) is 6.07 Å². The summed E-state index contributed by atoms with van der Waals surface area (Å²) < 4.78 is 18.7. The second kappa shape index (κ2) is 4.79. The second-order valence-corrected chi connectivity index (χ2v) is 4.30. The Morgan fingerprint density at radius 2 is 2.35 bits per heavy atom. The van der Waals surface area contributed by atoms with E-state index in [2.05, 4.69) is 0 Å². The maximum absolute atomic E-state index is 13.2. The Kier molecular flexibility index (Phi) is 3.38. The molecule has 1 aromatic carbocycles. The number of hydrogen-bond donors (Lipinski definition) is 1. The average molecular weight is 259 g/mol. The number of amides is 2. The third kappa shape index (κ3) is 2.79. The average Bonchev–Trinajstić information content (AvgIpc) is 2.72. The van der Waals surface area contributed by atoms with Crippen LogP contribution in [-0.4, -0.2) is 30.1 Å². The number of likely N-dealkylation sites (tertiary alicyclic amines) is 1. The molecule has 6 heteroatoms. The fourth-order valence-corrected chi connectivity index (χ4v) is 1.88. The Bertz CT molecular complexity index is 441. The molecule has 4 nitrogen and oxygen atoms in total. The Morgan fingerprint density at radius 3 is 2.94 bits per heavy atom. The fraction of sp³-hybridized carbons (Fsp3) is 0.364. The van der Waals surface area contributed by atoms with Crippen molar-refractivity contribution in [3.8, 4) is 5.75 Å². The van der Waals surface area contributed by atoms with Crippen LogP contribution < -0.4 is 10.5 Å². The number of nitrogens with two attached hydrogens (primary N) is 1. The molecule has 1 atom stereocenters. The molecule has 0 aliphatic carbocycles. The molecule has 2 rings (SSSR count). The van der Waals surface area contributed by atoms with E-state index in [9.17, 15) is 9.18 Å². The Hall–Kier alpha value is -1.49. The molecular formula is C11H12ClFN2O2. The van der Waals surface area contributed by atoms with E-state index >= 15 is 0 Å². The minimum Gasteiger partial charge on any atom is -0.488 e. The van der Waals surface area contributed by atoms with Gasteiger partial charge < -0.3 is 15.4 Å². The Morgan fingerprint density at radius 1 is 1.59 bits per heavy atom. The summed E-state index contributed by atoms with van der Waals surface area (Å²) in [6.45, 7) is 0.996. The van der Waals surface area contributed by atoms with Crippen LogP contribution in [0.5, 0.6) is 5.75 Å². The maximum Gasteiger partial charge on any atom is 0.314 e. The minimum absolute atomic E-state index is 0.0579. The lowest BCUT2D eigenvalue weighted by atomic mass is 10.3. The fourth-order valence-electron chi connectivity index (χ4n) is 1.77. The number of benzene rings is 1. The number of carbonyl (C=O) groups is 1. The summed E-state index contributed by atoms with van der Waals surface area (Å²) >= 11 is 5.56. The summed E-state index contributed by atoms with van der Waals surface area (Å²) in [7, 11) is 0. The lowest BCUT2D eigenvalue weighted by molar-refractivity contribution is 0.192. The van der Waals surface area contributed by atoms with E-state index in [0.717, 1.165) is 0 Å². The predicted molar refractivity (Wildman–Crippen MR) is 61.6 cm³/mol. The molecule has 0 bridgehead atoms. The van der Waals surface area contributed by atoms with Crippen LogP contribution in [0.15, 0.2) is 18.2 Å². The molecule has 1 aliphatic heterocycles. The molecule has 0 aromatic heterocycles. The van der Waals surface area contributed by atoms with Crippen LogP contribution in [0.2, 0.25) is 5.02 Å². The highest BCUT2D eigenvalue weighted by molar-refractivity contribution is 6.30. The number of hydrogen-bond acceptors (Lipinski definition) is 2. The van der Waals surface area contributed by atoms with Crippen LogP contribution in [-0.2, 0) is 0 Å². The van der Waals surface area contributed by atoms with Gasteiger partial charge in [0.25, 0.3) is 0 Å². The van der Waals surface area contributed by atoms with E-state index in [1.807, 2.05) is 0 Å². The van der Waals surface area contributed by atoms with Crippen molar-refractivity contribution < 1.29 is 13.9 Å². The van der Waals surface area contributed by atoms with Gasteiger partial charge in [-0.05, 0) is 12.1 Å². The summed E-state index contributed by atoms with van der Waals surface area (Å²) in [5.74, 6) is -0.114. The highest BCUT2D eigenvalue weighted by Crippen LogP contribution is 2.23. The standard InChI is InChI=1S/C11H12ClFN2O2/c12-9-2-1-7(5-10(9)13)17-8-3-4-15(6-8)11(14)16/h1-2,5,8H,3-4,6H2,(H2,14,16). The number of rotatable bonds is 2. The lowest BCUT2D eigenvalue weighted by Gasteiger charge is -2.15. The minimum atomic E-state index is -0.520. The molecule has 1 aliphatic rings. The summed E-state index contributed by atoms with van der Waals surface area (Å²) in [4.78, 5) is 12.4. The zero-order valence-corrected chi connectivity index (χ0v) is 9.78. The van der Waals surface area contributed by atoms with E-state index < -0.39 is 11.8 Å². The third-order valence-corrected chi connectivity index (χ3v) is 2.96. The van der Waals surface area contributed by atoms with Crippen molar-refractivity contribution in [1.29, 1.82) is 0 Å². The zero-order chi connectivity index (χ0) is 12.4. The van der Waals surface area contributed by atoms with Crippen LogP contribution in [0, 0.1) is 5.82 Å². The van der Waals surface area contributed by atoms with Crippen LogP contribution in [0.1, 0.15) is 6.42 Å². The van der Waals surface area contributed by atoms with Gasteiger partial charge in [-0.2, -0.15) is 0 Å². The summed E-state index contributed by atoms with van der Waals surface area (Å²) in [5, 5.41) is 0.0579. The first-order valence-electron chi connectivity index (χ1n) is 5.22. The largest absolute Gasteiger partial charge is 0.488 e. The molecule has 2 amide bonds. The molecule has 1 aromatic rings. The Labute approximate surface area is 103 Å². The highest BCUT2D eigenvalue weighted by atomic mass is 35.5. The van der Waals surface area contributed by atoms with Crippen LogP contribution in [0.3, 0.4) is 0 Å². The van der Waals surface area contributed by atoms with Crippen molar-refractivity contribution >= 4 is 17.6 Å². The van der Waals surface area contributed by atoms with Gasteiger partial charge in [-0.3, -0.25) is 0 Å². The molecule has 1 fully saturated rings. The maximum atomic E-state index is 13.2. The first-order chi connectivity index (χ1) is 8.06. The van der Waals surface area contributed by atoms with Crippen LogP contribution >= 0.6 is 11.6 Å². The lowest BCUT2D eigenvalue weighted by Crippen LogP contribution is -2.35. The van der Waals surface area contributed by atoms with Gasteiger partial charge >= 0.3 is 6.03 Å². The van der Waals surface area contributed by atoms with Crippen molar-refractivity contribution in [3.05, 3.63) is 29.0 Å². The summed E-state index contributed by atoms with van der Waals surface area (Å²) in [5.41, 5.74) is 5.15. The SMILES string of the molecule is NC(=O)N1CCC(Oc2ccc(Cl)c(F)c2)C1. The van der Waals surface area contributed by atoms with E-state index in [4.69, 9.17) is 22.1 Å². The van der Waals surface area contributed by atoms with Gasteiger partial charge in [-0.25, -0.2) is 9.18 Å². The van der Waals surface area contributed by atoms with Gasteiger partial charge in [0.05, 0.1) is 11.6 Å². The molecule has 0 spiro atoms. The molecule has 1 saturated heterocycles. The first-order valence-corrected chi connectivity index (χ1v) is 5.60. The molecule has 1 heterocycles. The molecule has 2 N–H and O–H groups in total. The van der Waals surface area contributed by atoms with E-state index in [0.29, 0.717) is 25.3 Å². The van der Waals surface area contributed by atoms with Crippen molar-refractivity contribution in [1.82, 2.24) is 4.90 Å². The van der Waals surface area contributed by atoms with Crippen LogP contribution in [0.4, 0.5) is 9.18 Å². The topological polar surface area (TPSA) is 55.6 Å². The van der Waals surface area contributed by atoms with Crippen molar-refractivity contribution in [2.75, 3.05) is 13.1 Å². The predicted octanol–water partition coefficient (Wildman–Crippen LogP) is 2.01. The first kappa shape index (κ1) is 12.0. The number of primary amides is 1. The molecule has 0 saturated carbocycles. The monoisotopic (exact) mass is 258 g/mol. The summed E-state index contributed by atoms with van der Waals surface area (Å²) in [6, 6.07) is 3.80. The van der Waals surface area contributed by atoms with Crippen molar-refractivity contribution in [2.24, 2.45) is 5.73 Å². The molecule has 1 unspecified atom stereocenters. The van der Waals surface area contributed by atoms with Crippen molar-refractivity contribution in [2.45, 2.75) is 12.5 Å². The van der Waals surface area contributed by atoms with Crippen molar-refractivity contribution in [3.63, 3.8) is 0 Å². The molecule has 0 radical (unpaired) electrons. The van der Waals surface area contributed by atoms with Gasteiger partial charge in [0.15, 0.2) is 0 Å². The Balaban J connectivity index is 1.98. The van der Waals surface area contributed by atoms with Gasteiger partial charge in [0, 0.05) is 19.0 Å². The van der Waals surface area contributed by atoms with E-state index in [-0.39, 0.29) is 11.1 Å². The van der Waals surface area contributed by atoms with Gasteiger partial charge in [-0.1, -0.05) is 11.6 Å². The number of halogens is 2.